The van der Waals surface area contributed by atoms with Crippen LogP contribution < -0.4 is 5.32 Å². The van der Waals surface area contributed by atoms with Crippen LogP contribution >= 0.6 is 22.6 Å². The maximum atomic E-state index is 4.09. The van der Waals surface area contributed by atoms with Crippen molar-refractivity contribution >= 4 is 28.5 Å². The first-order valence-electron chi connectivity index (χ1n) is 4.18. The van der Waals surface area contributed by atoms with Gasteiger partial charge in [0.2, 0.25) is 5.95 Å². The zero-order valence-corrected chi connectivity index (χ0v) is 10.1. The van der Waals surface area contributed by atoms with Crippen LogP contribution in [0.4, 0.5) is 5.95 Å². The highest BCUT2D eigenvalue weighted by atomic mass is 127. The summed E-state index contributed by atoms with van der Waals surface area (Å²) in [6.45, 7) is 0.467. The summed E-state index contributed by atoms with van der Waals surface area (Å²) in [5.74, 6) is 1.17. The van der Waals surface area contributed by atoms with Gasteiger partial charge in [0.15, 0.2) is 5.82 Å². The van der Waals surface area contributed by atoms with E-state index in [1.807, 2.05) is 0 Å². The van der Waals surface area contributed by atoms with Gasteiger partial charge in [-0.05, 0) is 27.8 Å². The van der Waals surface area contributed by atoms with Crippen LogP contribution in [0.15, 0.2) is 12.4 Å². The molecule has 1 N–H and O–H groups in total. The first-order chi connectivity index (χ1) is 7.24. The van der Waals surface area contributed by atoms with Crippen molar-refractivity contribution in [3.63, 3.8) is 0 Å². The van der Waals surface area contributed by atoms with Gasteiger partial charge in [0.05, 0.1) is 13.6 Å². The minimum absolute atomic E-state index is 0.467. The minimum atomic E-state index is 0.467. The van der Waals surface area contributed by atoms with E-state index in [0.29, 0.717) is 18.3 Å². The second-order valence-corrected chi connectivity index (χ2v) is 4.02. The zero-order valence-electron chi connectivity index (χ0n) is 7.92. The molecule has 0 fully saturated rings. The Hall–Kier alpha value is -1.32. The van der Waals surface area contributed by atoms with Crippen molar-refractivity contribution in [2.24, 2.45) is 7.05 Å². The van der Waals surface area contributed by atoms with Crippen LogP contribution in [0.5, 0.6) is 0 Å². The first-order valence-corrected chi connectivity index (χ1v) is 5.26. The van der Waals surface area contributed by atoms with E-state index in [1.165, 1.54) is 4.80 Å². The number of tetrazole rings is 1. The first kappa shape index (κ1) is 10.2. The lowest BCUT2D eigenvalue weighted by Gasteiger charge is -1.99. The third-order valence-electron chi connectivity index (χ3n) is 1.57. The van der Waals surface area contributed by atoms with E-state index in [2.05, 4.69) is 53.3 Å². The molecule has 0 aliphatic heterocycles. The van der Waals surface area contributed by atoms with Crippen LogP contribution in [0.1, 0.15) is 5.82 Å². The van der Waals surface area contributed by atoms with Gasteiger partial charge in [-0.2, -0.15) is 4.80 Å². The van der Waals surface area contributed by atoms with Crippen molar-refractivity contribution in [3.8, 4) is 0 Å². The number of halogens is 1. The van der Waals surface area contributed by atoms with Gasteiger partial charge in [-0.3, -0.25) is 0 Å². The summed E-state index contributed by atoms with van der Waals surface area (Å²) in [4.78, 5) is 9.58. The number of nitrogens with zero attached hydrogens (tertiary/aromatic N) is 6. The van der Waals surface area contributed by atoms with Gasteiger partial charge in [-0.25, -0.2) is 9.97 Å². The molecule has 0 bridgehead atoms. The van der Waals surface area contributed by atoms with Gasteiger partial charge in [0.1, 0.15) is 0 Å². The van der Waals surface area contributed by atoms with E-state index in [0.717, 1.165) is 3.57 Å². The second-order valence-electron chi connectivity index (χ2n) is 2.77. The van der Waals surface area contributed by atoms with Crippen LogP contribution in [-0.2, 0) is 13.6 Å². The predicted molar refractivity (Wildman–Crippen MR) is 60.9 cm³/mol. The Bertz CT molecular complexity index is 437. The van der Waals surface area contributed by atoms with Crippen molar-refractivity contribution in [2.75, 3.05) is 5.32 Å². The number of hydrogen-bond donors (Lipinski definition) is 1. The van der Waals surface area contributed by atoms with Crippen molar-refractivity contribution in [1.82, 2.24) is 30.2 Å². The molecule has 0 radical (unpaired) electrons. The third kappa shape index (κ3) is 2.81. The fraction of sp³-hybridized carbons (Fsp3) is 0.286. The number of nitrogens with one attached hydrogen (secondary N) is 1. The smallest absolute Gasteiger partial charge is 0.223 e. The normalized spacial score (nSPS) is 10.3. The van der Waals surface area contributed by atoms with Crippen molar-refractivity contribution in [1.29, 1.82) is 0 Å². The number of rotatable bonds is 3. The largest absolute Gasteiger partial charge is 0.347 e. The standard InChI is InChI=1S/C7H8IN7/c1-15-13-6(12-14-15)4-11-7-9-2-5(8)3-10-7/h2-3H,4H2,1H3,(H,9,10,11). The molecule has 0 aliphatic rings. The Balaban J connectivity index is 1.96. The summed E-state index contributed by atoms with van der Waals surface area (Å²) in [5.41, 5.74) is 0. The molecule has 2 heterocycles. The van der Waals surface area contributed by atoms with E-state index in [4.69, 9.17) is 0 Å². The van der Waals surface area contributed by atoms with Gasteiger partial charge in [0.25, 0.3) is 0 Å². The average molecular weight is 317 g/mol. The summed E-state index contributed by atoms with van der Waals surface area (Å²) in [6.07, 6.45) is 3.47. The molecule has 8 heteroatoms. The minimum Gasteiger partial charge on any atom is -0.347 e. The SMILES string of the molecule is Cn1nnc(CNc2ncc(I)cn2)n1. The van der Waals surface area contributed by atoms with Gasteiger partial charge in [-0.15, -0.1) is 10.2 Å². The summed E-state index contributed by atoms with van der Waals surface area (Å²) >= 11 is 2.15. The van der Waals surface area contributed by atoms with Crippen LogP contribution in [-0.4, -0.2) is 30.2 Å². The summed E-state index contributed by atoms with van der Waals surface area (Å²) in [5, 5.41) is 14.6. The van der Waals surface area contributed by atoms with Crippen molar-refractivity contribution < 1.29 is 0 Å². The lowest BCUT2D eigenvalue weighted by molar-refractivity contribution is 0.628. The van der Waals surface area contributed by atoms with Crippen LogP contribution in [0.25, 0.3) is 0 Å². The maximum Gasteiger partial charge on any atom is 0.223 e. The molecule has 0 saturated carbocycles. The number of aryl methyl sites for hydroxylation is 1. The highest BCUT2D eigenvalue weighted by Gasteiger charge is 2.01. The molecule has 7 nitrogen and oxygen atoms in total. The zero-order chi connectivity index (χ0) is 10.7. The van der Waals surface area contributed by atoms with Crippen LogP contribution in [0.2, 0.25) is 0 Å². The lowest BCUT2D eigenvalue weighted by Crippen LogP contribution is -2.05. The monoisotopic (exact) mass is 317 g/mol. The molecule has 0 aliphatic carbocycles. The molecule has 0 amide bonds. The van der Waals surface area contributed by atoms with Crippen LogP contribution in [0.3, 0.4) is 0 Å². The topological polar surface area (TPSA) is 81.4 Å². The molecule has 0 unspecified atom stereocenters. The van der Waals surface area contributed by atoms with Gasteiger partial charge < -0.3 is 5.32 Å². The fourth-order valence-electron chi connectivity index (χ4n) is 0.956. The summed E-state index contributed by atoms with van der Waals surface area (Å²) in [7, 11) is 1.72. The van der Waals surface area contributed by atoms with E-state index in [1.54, 1.807) is 19.4 Å². The molecule has 15 heavy (non-hydrogen) atoms. The molecule has 0 saturated heterocycles. The molecule has 2 rings (SSSR count). The highest BCUT2D eigenvalue weighted by molar-refractivity contribution is 14.1. The van der Waals surface area contributed by atoms with Gasteiger partial charge in [-0.1, -0.05) is 0 Å². The maximum absolute atomic E-state index is 4.09. The molecule has 2 aromatic heterocycles. The molecule has 0 aromatic carbocycles. The Kier molecular flexibility index (Phi) is 3.04. The van der Waals surface area contributed by atoms with Crippen LogP contribution in [0, 0.1) is 3.57 Å². The molecular weight excluding hydrogens is 309 g/mol. The fourth-order valence-corrected chi connectivity index (χ4v) is 1.23. The number of aromatic nitrogens is 6. The van der Waals surface area contributed by atoms with Crippen molar-refractivity contribution in [2.45, 2.75) is 6.54 Å². The van der Waals surface area contributed by atoms with Gasteiger partial charge >= 0.3 is 0 Å². The second kappa shape index (κ2) is 4.47. The number of hydrogen-bond acceptors (Lipinski definition) is 6. The molecule has 2 aromatic rings. The molecule has 78 valence electrons. The lowest BCUT2D eigenvalue weighted by atomic mass is 10.6. The molecule has 0 atom stereocenters. The van der Waals surface area contributed by atoms with Crippen molar-refractivity contribution in [3.05, 3.63) is 21.8 Å². The predicted octanol–water partition coefficient (Wildman–Crippen LogP) is 0.217. The molecule has 0 spiro atoms. The summed E-state index contributed by atoms with van der Waals surface area (Å²) < 4.78 is 0.996. The summed E-state index contributed by atoms with van der Waals surface area (Å²) in [6, 6.07) is 0. The quantitative estimate of drug-likeness (QED) is 0.816. The van der Waals surface area contributed by atoms with E-state index in [9.17, 15) is 0 Å². The highest BCUT2D eigenvalue weighted by Crippen LogP contribution is 2.03. The average Bonchev–Trinajstić information content (AvgIpc) is 2.64. The van der Waals surface area contributed by atoms with E-state index in [-0.39, 0.29) is 0 Å². The third-order valence-corrected chi connectivity index (χ3v) is 2.13. The Morgan fingerprint density at radius 1 is 1.40 bits per heavy atom. The number of anilines is 1. The Labute approximate surface area is 99.5 Å². The molecular formula is C7H8IN7. The van der Waals surface area contributed by atoms with E-state index >= 15 is 0 Å². The Morgan fingerprint density at radius 2 is 2.13 bits per heavy atom. The Morgan fingerprint density at radius 3 is 2.73 bits per heavy atom. The van der Waals surface area contributed by atoms with Gasteiger partial charge in [0, 0.05) is 16.0 Å². The van der Waals surface area contributed by atoms with E-state index < -0.39 is 0 Å².